The molecule has 0 radical (unpaired) electrons. The second-order valence-electron chi connectivity index (χ2n) is 7.67. The summed E-state index contributed by atoms with van der Waals surface area (Å²) in [5.41, 5.74) is 1.06. The third-order valence-electron chi connectivity index (χ3n) is 5.36. The fourth-order valence-corrected chi connectivity index (χ4v) is 4.84. The van der Waals surface area contributed by atoms with Crippen molar-refractivity contribution < 1.29 is 0 Å². The summed E-state index contributed by atoms with van der Waals surface area (Å²) in [5, 5.41) is 11.2. The van der Waals surface area contributed by atoms with Crippen molar-refractivity contribution in [2.75, 3.05) is 13.1 Å². The average Bonchev–Trinajstić information content (AvgIpc) is 3.52. The third kappa shape index (κ3) is 4.47. The normalized spacial score (nSPS) is 17.6. The fraction of sp³-hybridized carbons (Fsp3) is 0.429. The minimum atomic E-state index is 0.453. The molecular formula is C21H23ClN6S. The molecule has 3 heterocycles. The highest BCUT2D eigenvalue weighted by Gasteiger charge is 2.28. The van der Waals surface area contributed by atoms with E-state index in [2.05, 4.69) is 36.8 Å². The van der Waals surface area contributed by atoms with E-state index in [1.807, 2.05) is 24.3 Å². The highest BCUT2D eigenvalue weighted by molar-refractivity contribution is 7.99. The minimum Gasteiger partial charge on any atom is -0.296 e. The molecule has 3 aromatic rings. The molecule has 1 aromatic carbocycles. The summed E-state index contributed by atoms with van der Waals surface area (Å²) in [5.74, 6) is 2.26. The molecule has 2 aromatic heterocycles. The molecule has 2 aliphatic rings. The molecule has 1 aliphatic carbocycles. The Morgan fingerprint density at radius 2 is 1.79 bits per heavy atom. The van der Waals surface area contributed by atoms with Gasteiger partial charge >= 0.3 is 0 Å². The summed E-state index contributed by atoms with van der Waals surface area (Å²) in [6.45, 7) is 3.05. The molecule has 8 heteroatoms. The van der Waals surface area contributed by atoms with Gasteiger partial charge in [-0.15, -0.1) is 10.2 Å². The van der Waals surface area contributed by atoms with E-state index in [-0.39, 0.29) is 0 Å². The van der Waals surface area contributed by atoms with Gasteiger partial charge < -0.3 is 0 Å². The highest BCUT2D eigenvalue weighted by atomic mass is 35.5. The molecule has 1 saturated heterocycles. The van der Waals surface area contributed by atoms with Crippen molar-refractivity contribution in [2.45, 2.75) is 54.7 Å². The van der Waals surface area contributed by atoms with Crippen LogP contribution in [0.5, 0.6) is 0 Å². The molecule has 150 valence electrons. The Bertz CT molecular complexity index is 982. The predicted octanol–water partition coefficient (Wildman–Crippen LogP) is 4.73. The van der Waals surface area contributed by atoms with E-state index in [1.54, 1.807) is 0 Å². The molecule has 5 rings (SSSR count). The van der Waals surface area contributed by atoms with Gasteiger partial charge in [-0.1, -0.05) is 36.2 Å². The van der Waals surface area contributed by atoms with Crippen LogP contribution in [-0.2, 0) is 6.54 Å². The van der Waals surface area contributed by atoms with E-state index < -0.39 is 0 Å². The van der Waals surface area contributed by atoms with Gasteiger partial charge in [-0.3, -0.25) is 9.47 Å². The number of aromatic nitrogens is 5. The van der Waals surface area contributed by atoms with Crippen molar-refractivity contribution >= 4 is 23.4 Å². The van der Waals surface area contributed by atoms with Crippen LogP contribution in [0.2, 0.25) is 5.15 Å². The van der Waals surface area contributed by atoms with Gasteiger partial charge in [0.25, 0.3) is 0 Å². The Morgan fingerprint density at radius 1 is 1.00 bits per heavy atom. The van der Waals surface area contributed by atoms with E-state index in [1.165, 1.54) is 31.0 Å². The molecule has 0 unspecified atom stereocenters. The number of hydrogen-bond acceptors (Lipinski definition) is 6. The van der Waals surface area contributed by atoms with Crippen molar-refractivity contribution in [1.82, 2.24) is 29.6 Å². The van der Waals surface area contributed by atoms with Crippen LogP contribution in [0, 0.1) is 0 Å². The van der Waals surface area contributed by atoms with Gasteiger partial charge in [0.2, 0.25) is 5.16 Å². The van der Waals surface area contributed by atoms with Crippen LogP contribution < -0.4 is 0 Å². The number of likely N-dealkylation sites (tertiary alicyclic amines) is 1. The number of nitrogens with zero attached hydrogens (tertiary/aromatic N) is 6. The van der Waals surface area contributed by atoms with Crippen molar-refractivity contribution in [3.63, 3.8) is 0 Å². The largest absolute Gasteiger partial charge is 0.296 e. The molecule has 0 N–H and O–H groups in total. The quantitative estimate of drug-likeness (QED) is 0.531. The third-order valence-corrected chi connectivity index (χ3v) is 6.41. The summed E-state index contributed by atoms with van der Waals surface area (Å²) in [6.07, 6.45) is 6.12. The lowest BCUT2D eigenvalue weighted by atomic mass is 10.1. The Morgan fingerprint density at radius 3 is 2.55 bits per heavy atom. The summed E-state index contributed by atoms with van der Waals surface area (Å²) in [4.78, 5) is 11.6. The van der Waals surface area contributed by atoms with Crippen LogP contribution in [0.15, 0.2) is 46.6 Å². The van der Waals surface area contributed by atoms with Gasteiger partial charge in [-0.05, 0) is 62.7 Å². The summed E-state index contributed by atoms with van der Waals surface area (Å²) in [7, 11) is 0. The second-order valence-corrected chi connectivity index (χ2v) is 9.04. The number of rotatable bonds is 6. The van der Waals surface area contributed by atoms with E-state index in [4.69, 9.17) is 16.6 Å². The molecule has 0 spiro atoms. The molecule has 29 heavy (non-hydrogen) atoms. The second kappa shape index (κ2) is 8.42. The maximum absolute atomic E-state index is 6.26. The van der Waals surface area contributed by atoms with Crippen LogP contribution in [0.4, 0.5) is 0 Å². The first-order valence-corrected chi connectivity index (χ1v) is 11.4. The van der Waals surface area contributed by atoms with E-state index in [0.717, 1.165) is 60.0 Å². The Labute approximate surface area is 179 Å². The standard InChI is InChI=1S/C21H23ClN6S/c22-17-13-19(24-20(23-17)15-9-10-15)29-21-26-25-18(14-27-11-5-2-6-12-27)28(21)16-7-3-1-4-8-16/h1,3-4,7-8,13,15H,2,5-6,9-12,14H2. The molecule has 2 fully saturated rings. The van der Waals surface area contributed by atoms with Crippen LogP contribution in [0.3, 0.4) is 0 Å². The van der Waals surface area contributed by atoms with Crippen molar-refractivity contribution in [3.05, 3.63) is 53.2 Å². The number of piperidine rings is 1. The summed E-state index contributed by atoms with van der Waals surface area (Å²) in [6, 6.07) is 12.1. The van der Waals surface area contributed by atoms with Gasteiger partial charge in [0, 0.05) is 17.7 Å². The molecule has 1 aliphatic heterocycles. The van der Waals surface area contributed by atoms with Crippen LogP contribution in [0.1, 0.15) is 49.7 Å². The van der Waals surface area contributed by atoms with Gasteiger partial charge in [0.05, 0.1) is 6.54 Å². The molecular weight excluding hydrogens is 404 g/mol. The van der Waals surface area contributed by atoms with Crippen molar-refractivity contribution in [1.29, 1.82) is 0 Å². The highest BCUT2D eigenvalue weighted by Crippen LogP contribution is 2.39. The zero-order valence-corrected chi connectivity index (χ0v) is 17.7. The predicted molar refractivity (Wildman–Crippen MR) is 114 cm³/mol. The summed E-state index contributed by atoms with van der Waals surface area (Å²) < 4.78 is 2.14. The zero-order valence-electron chi connectivity index (χ0n) is 16.2. The van der Waals surface area contributed by atoms with Crippen molar-refractivity contribution in [2.24, 2.45) is 0 Å². The lowest BCUT2D eigenvalue weighted by Crippen LogP contribution is -2.30. The molecule has 1 saturated carbocycles. The number of benzene rings is 1. The Balaban J connectivity index is 1.47. The first-order chi connectivity index (χ1) is 14.3. The van der Waals surface area contributed by atoms with Crippen LogP contribution >= 0.6 is 23.4 Å². The van der Waals surface area contributed by atoms with E-state index in [9.17, 15) is 0 Å². The Kier molecular flexibility index (Phi) is 5.52. The monoisotopic (exact) mass is 426 g/mol. The SMILES string of the molecule is Clc1cc(Sc2nnc(CN3CCCCC3)n2-c2ccccc2)nc(C2CC2)n1. The lowest BCUT2D eigenvalue weighted by molar-refractivity contribution is 0.214. The molecule has 0 amide bonds. The topological polar surface area (TPSA) is 59.7 Å². The maximum atomic E-state index is 6.26. The molecule has 0 bridgehead atoms. The van der Waals surface area contributed by atoms with Crippen molar-refractivity contribution in [3.8, 4) is 5.69 Å². The smallest absolute Gasteiger partial charge is 0.202 e. The lowest BCUT2D eigenvalue weighted by Gasteiger charge is -2.26. The maximum Gasteiger partial charge on any atom is 0.202 e. The van der Waals surface area contributed by atoms with Gasteiger partial charge in [-0.2, -0.15) is 0 Å². The van der Waals surface area contributed by atoms with Crippen LogP contribution in [0.25, 0.3) is 5.69 Å². The summed E-state index contributed by atoms with van der Waals surface area (Å²) >= 11 is 7.77. The minimum absolute atomic E-state index is 0.453. The first-order valence-electron chi connectivity index (χ1n) is 10.2. The molecule has 6 nitrogen and oxygen atoms in total. The van der Waals surface area contributed by atoms with Crippen LogP contribution in [-0.4, -0.2) is 42.7 Å². The Hall–Kier alpha value is -1.96. The fourth-order valence-electron chi connectivity index (χ4n) is 3.71. The van der Waals surface area contributed by atoms with Gasteiger partial charge in [0.1, 0.15) is 16.0 Å². The number of para-hydroxylation sites is 1. The number of hydrogen-bond donors (Lipinski definition) is 0. The van der Waals surface area contributed by atoms with Gasteiger partial charge in [-0.25, -0.2) is 9.97 Å². The average molecular weight is 427 g/mol. The number of halogens is 1. The van der Waals surface area contributed by atoms with E-state index in [0.29, 0.717) is 11.1 Å². The first kappa shape index (κ1) is 19.0. The van der Waals surface area contributed by atoms with E-state index >= 15 is 0 Å². The zero-order chi connectivity index (χ0) is 19.6. The van der Waals surface area contributed by atoms with Gasteiger partial charge in [0.15, 0.2) is 5.82 Å². The molecule has 0 atom stereocenters.